The number of nitrogens with zero attached hydrogens (tertiary/aromatic N) is 5. The number of benzene rings is 3. The number of hydrogen-bond donors (Lipinski definition) is 3. The minimum absolute atomic E-state index is 0.00123. The second-order valence-electron chi connectivity index (χ2n) is 18.0. The second kappa shape index (κ2) is 18.2. The second-order valence-corrected chi connectivity index (χ2v) is 18.4. The van der Waals surface area contributed by atoms with Crippen molar-refractivity contribution in [3.63, 3.8) is 0 Å². The molecule has 1 atom stereocenters. The zero-order valence-corrected chi connectivity index (χ0v) is 37.4. The van der Waals surface area contributed by atoms with Gasteiger partial charge < -0.3 is 30.3 Å². The standard InChI is InChI=1S/C49H56ClFN8O4/c1-29(2)54-47(62)37-24-42(40(51)19-31(37)5)56-46-45-43(53-27-58(45)30(3)4)25-41(55-46)34-11-12-38-44(21-34)59(36-22-35(23-36)57-17-7-6-8-18-57)48(63)49(38,15-16-52-28-61)14-13-33-10-9-32(26-60)20-39(33)50/h9-12,19-21,24-30,35-36H,6-8,13-18,22-23H2,1-5H3,(H,52,61)(H,54,62)(H,55,56). The van der Waals surface area contributed by atoms with Crippen molar-refractivity contribution in [3.8, 4) is 11.3 Å². The topological polar surface area (TPSA) is 142 Å². The van der Waals surface area contributed by atoms with Crippen LogP contribution in [0.1, 0.15) is 116 Å². The van der Waals surface area contributed by atoms with Crippen LogP contribution < -0.4 is 20.9 Å². The van der Waals surface area contributed by atoms with Gasteiger partial charge in [0, 0.05) is 58.1 Å². The van der Waals surface area contributed by atoms with Gasteiger partial charge in [0.05, 0.1) is 28.6 Å². The Kier molecular flexibility index (Phi) is 12.7. The summed E-state index contributed by atoms with van der Waals surface area (Å²) >= 11 is 6.70. The Morgan fingerprint density at radius 1 is 0.984 bits per heavy atom. The fraction of sp³-hybridized carbons (Fsp3) is 0.429. The number of aromatic nitrogens is 3. The van der Waals surface area contributed by atoms with Crippen molar-refractivity contribution >= 4 is 64.3 Å². The van der Waals surface area contributed by atoms with E-state index in [0.29, 0.717) is 82.5 Å². The number of fused-ring (bicyclic) bond motifs is 2. The first-order valence-corrected chi connectivity index (χ1v) is 22.6. The normalized spacial score (nSPS) is 20.0. The van der Waals surface area contributed by atoms with Gasteiger partial charge in [0.2, 0.25) is 12.3 Å². The van der Waals surface area contributed by atoms with Crippen molar-refractivity contribution in [3.05, 3.63) is 99.6 Å². The molecule has 2 fully saturated rings. The van der Waals surface area contributed by atoms with E-state index in [2.05, 4.69) is 20.9 Å². The molecule has 5 aromatic rings. The van der Waals surface area contributed by atoms with Crippen LogP contribution in [0.5, 0.6) is 0 Å². The van der Waals surface area contributed by atoms with Gasteiger partial charge in [-0.1, -0.05) is 42.3 Å². The predicted octanol–water partition coefficient (Wildman–Crippen LogP) is 8.84. The Bertz CT molecular complexity index is 2560. The van der Waals surface area contributed by atoms with Gasteiger partial charge >= 0.3 is 0 Å². The molecule has 1 unspecified atom stereocenters. The Hall–Kier alpha value is -5.66. The van der Waals surface area contributed by atoms with Crippen molar-refractivity contribution in [1.82, 2.24) is 30.1 Å². The van der Waals surface area contributed by atoms with Gasteiger partial charge in [-0.15, -0.1) is 0 Å². The fourth-order valence-electron chi connectivity index (χ4n) is 9.77. The SMILES string of the molecule is Cc1cc(F)c(Nc2nc(-c3ccc4c(c3)N(C3CC(N5CCCCC5)C3)C(=O)C4(CCNC=O)CCc3ccc(C=O)cc3Cl)cc3ncn(C(C)C)c23)cc1C(=O)NC(C)C. The Labute approximate surface area is 373 Å². The Morgan fingerprint density at radius 2 is 1.76 bits per heavy atom. The number of piperidine rings is 1. The van der Waals surface area contributed by atoms with Crippen molar-refractivity contribution in [2.75, 3.05) is 29.9 Å². The number of halogens is 2. The maximum absolute atomic E-state index is 15.8. The summed E-state index contributed by atoms with van der Waals surface area (Å²) < 4.78 is 17.8. The lowest BCUT2D eigenvalue weighted by Crippen LogP contribution is -2.57. The molecule has 0 spiro atoms. The first-order chi connectivity index (χ1) is 30.3. The van der Waals surface area contributed by atoms with Crippen LogP contribution in [0, 0.1) is 12.7 Å². The number of carbonyl (C=O) groups excluding carboxylic acids is 4. The molecule has 4 heterocycles. The van der Waals surface area contributed by atoms with E-state index in [9.17, 15) is 14.4 Å². The lowest BCUT2D eigenvalue weighted by atomic mass is 9.73. The summed E-state index contributed by atoms with van der Waals surface area (Å²) in [7, 11) is 0. The minimum Gasteiger partial charge on any atom is -0.359 e. The summed E-state index contributed by atoms with van der Waals surface area (Å²) in [6.45, 7) is 12.0. The summed E-state index contributed by atoms with van der Waals surface area (Å²) in [4.78, 5) is 66.1. The fourth-order valence-corrected chi connectivity index (χ4v) is 10.1. The van der Waals surface area contributed by atoms with Crippen LogP contribution in [0.4, 0.5) is 21.6 Å². The Morgan fingerprint density at radius 3 is 2.46 bits per heavy atom. The molecule has 0 bridgehead atoms. The number of imidazole rings is 1. The van der Waals surface area contributed by atoms with Crippen LogP contribution in [0.25, 0.3) is 22.3 Å². The summed E-state index contributed by atoms with van der Waals surface area (Å²) in [6.07, 6.45) is 9.81. The molecule has 2 aliphatic heterocycles. The zero-order valence-electron chi connectivity index (χ0n) is 36.6. The van der Waals surface area contributed by atoms with Crippen molar-refractivity contribution in [2.45, 2.75) is 116 Å². The number of anilines is 3. The number of nitrogens with one attached hydrogen (secondary N) is 3. The van der Waals surface area contributed by atoms with E-state index in [-0.39, 0.29) is 35.6 Å². The molecule has 1 saturated heterocycles. The van der Waals surface area contributed by atoms with Crippen LogP contribution >= 0.6 is 11.6 Å². The van der Waals surface area contributed by atoms with E-state index >= 15 is 9.18 Å². The number of aldehydes is 1. The van der Waals surface area contributed by atoms with E-state index in [1.807, 2.05) is 67.5 Å². The molecule has 3 N–H and O–H groups in total. The van der Waals surface area contributed by atoms with Gasteiger partial charge in [0.1, 0.15) is 17.6 Å². The van der Waals surface area contributed by atoms with Crippen LogP contribution in [-0.4, -0.2) is 81.7 Å². The quantitative estimate of drug-likeness (QED) is 0.0660. The van der Waals surface area contributed by atoms with Gasteiger partial charge in [-0.3, -0.25) is 19.2 Å². The number of pyridine rings is 1. The molecule has 1 saturated carbocycles. The molecule has 12 nitrogen and oxygen atoms in total. The highest BCUT2D eigenvalue weighted by molar-refractivity contribution is 6.31. The largest absolute Gasteiger partial charge is 0.359 e. The van der Waals surface area contributed by atoms with Crippen LogP contribution in [-0.2, 0) is 21.4 Å². The molecule has 8 rings (SSSR count). The maximum atomic E-state index is 15.8. The van der Waals surface area contributed by atoms with Crippen LogP contribution in [0.3, 0.4) is 0 Å². The van der Waals surface area contributed by atoms with Crippen LogP contribution in [0.2, 0.25) is 5.02 Å². The average Bonchev–Trinajstić information content (AvgIpc) is 3.78. The van der Waals surface area contributed by atoms with E-state index in [1.54, 1.807) is 25.4 Å². The van der Waals surface area contributed by atoms with Gasteiger partial charge in [-0.2, -0.15) is 0 Å². The summed E-state index contributed by atoms with van der Waals surface area (Å²) in [5, 5.41) is 9.44. The number of rotatable bonds is 16. The van der Waals surface area contributed by atoms with E-state index < -0.39 is 11.2 Å². The van der Waals surface area contributed by atoms with E-state index in [0.717, 1.165) is 54.6 Å². The molecule has 14 heteroatoms. The van der Waals surface area contributed by atoms with Gasteiger partial charge in [0.25, 0.3) is 5.91 Å². The number of hydrogen-bond acceptors (Lipinski definition) is 8. The number of carbonyl (C=O) groups is 4. The van der Waals surface area contributed by atoms with Gasteiger partial charge in [-0.25, -0.2) is 14.4 Å². The molecule has 0 radical (unpaired) electrons. The first-order valence-electron chi connectivity index (χ1n) is 22.2. The Balaban J connectivity index is 1.22. The van der Waals surface area contributed by atoms with E-state index in [4.69, 9.17) is 21.6 Å². The molecule has 3 aromatic carbocycles. The lowest BCUT2D eigenvalue weighted by Gasteiger charge is -2.48. The highest BCUT2D eigenvalue weighted by atomic mass is 35.5. The number of likely N-dealkylation sites (tertiary alicyclic amines) is 1. The summed E-state index contributed by atoms with van der Waals surface area (Å²) in [5.41, 5.74) is 5.63. The molecule has 63 heavy (non-hydrogen) atoms. The minimum atomic E-state index is -0.977. The molecule has 3 aliphatic rings. The van der Waals surface area contributed by atoms with Crippen molar-refractivity contribution in [1.29, 1.82) is 0 Å². The average molecular weight is 875 g/mol. The number of amides is 3. The molecular formula is C49H56ClFN8O4. The number of aryl methyl sites for hydroxylation is 2. The lowest BCUT2D eigenvalue weighted by molar-refractivity contribution is -0.125. The molecule has 330 valence electrons. The van der Waals surface area contributed by atoms with Crippen molar-refractivity contribution in [2.24, 2.45) is 0 Å². The van der Waals surface area contributed by atoms with Crippen LogP contribution in [0.15, 0.2) is 60.9 Å². The highest BCUT2D eigenvalue weighted by Gasteiger charge is 2.54. The van der Waals surface area contributed by atoms with E-state index in [1.165, 1.54) is 31.4 Å². The molecule has 2 aromatic heterocycles. The van der Waals surface area contributed by atoms with Gasteiger partial charge in [0.15, 0.2) is 5.82 Å². The molecule has 1 aliphatic carbocycles. The first kappa shape index (κ1) is 44.0. The zero-order chi connectivity index (χ0) is 44.6. The third-order valence-corrected chi connectivity index (χ3v) is 13.6. The molecule has 3 amide bonds. The summed E-state index contributed by atoms with van der Waals surface area (Å²) in [5.74, 6) is -0.456. The highest BCUT2D eigenvalue weighted by Crippen LogP contribution is 2.52. The van der Waals surface area contributed by atoms with Crippen molar-refractivity contribution < 1.29 is 23.6 Å². The van der Waals surface area contributed by atoms with Gasteiger partial charge in [-0.05, 0) is 140 Å². The third kappa shape index (κ3) is 8.57. The molecular weight excluding hydrogens is 819 g/mol. The predicted molar refractivity (Wildman–Crippen MR) is 246 cm³/mol. The summed E-state index contributed by atoms with van der Waals surface area (Å²) in [6, 6.07) is 16.3. The maximum Gasteiger partial charge on any atom is 0.251 e. The monoisotopic (exact) mass is 874 g/mol. The smallest absolute Gasteiger partial charge is 0.251 e. The third-order valence-electron chi connectivity index (χ3n) is 13.2.